The second kappa shape index (κ2) is 13.5. The molecule has 0 fully saturated rings. The molecule has 0 aliphatic heterocycles. The Morgan fingerprint density at radius 2 is 2.13 bits per heavy atom. The number of nitrogens with one attached hydrogen (secondary N) is 2. The van der Waals surface area contributed by atoms with Crippen molar-refractivity contribution in [3.05, 3.63) is 23.3 Å². The van der Waals surface area contributed by atoms with Crippen molar-refractivity contribution in [3.8, 4) is 0 Å². The molecule has 0 bridgehead atoms. The number of hydrogen-bond donors (Lipinski definition) is 3. The molecule has 0 aromatic heterocycles. The van der Waals surface area contributed by atoms with Gasteiger partial charge in [-0.3, -0.25) is 16.0 Å². The van der Waals surface area contributed by atoms with Crippen LogP contribution in [0.15, 0.2) is 23.3 Å². The van der Waals surface area contributed by atoms with Gasteiger partial charge >= 0.3 is 5.96 Å². The molecule has 0 spiro atoms. The second-order valence-electron chi connectivity index (χ2n) is 6.88. The van der Waals surface area contributed by atoms with Gasteiger partial charge in [-0.05, 0) is 71.1 Å². The summed E-state index contributed by atoms with van der Waals surface area (Å²) < 4.78 is 0. The molecule has 23 heavy (non-hydrogen) atoms. The van der Waals surface area contributed by atoms with Crippen LogP contribution >= 0.6 is 0 Å². The van der Waals surface area contributed by atoms with E-state index in [0.717, 1.165) is 31.4 Å². The van der Waals surface area contributed by atoms with Crippen molar-refractivity contribution in [2.75, 3.05) is 13.1 Å². The lowest BCUT2D eigenvalue weighted by Crippen LogP contribution is -3.00. The quantitative estimate of drug-likeness (QED) is 0.305. The summed E-state index contributed by atoms with van der Waals surface area (Å²) in [4.78, 5) is 3.30. The highest BCUT2D eigenvalue weighted by atomic mass is 35.5. The minimum Gasteiger partial charge on any atom is -1.00 e. The Bertz CT molecular complexity index is 395. The van der Waals surface area contributed by atoms with Crippen molar-refractivity contribution in [2.24, 2.45) is 11.7 Å². The van der Waals surface area contributed by atoms with Crippen LogP contribution in [-0.4, -0.2) is 19.0 Å². The molecule has 0 saturated carbocycles. The average Bonchev–Trinajstić information content (AvgIpc) is 2.48. The molecule has 1 rings (SSSR count). The van der Waals surface area contributed by atoms with Crippen molar-refractivity contribution >= 4 is 5.96 Å². The molecule has 134 valence electrons. The van der Waals surface area contributed by atoms with Gasteiger partial charge in [-0.25, -0.2) is 0 Å². The van der Waals surface area contributed by atoms with Crippen LogP contribution in [0.5, 0.6) is 0 Å². The van der Waals surface area contributed by atoms with Gasteiger partial charge < -0.3 is 12.4 Å². The van der Waals surface area contributed by atoms with E-state index in [2.05, 4.69) is 43.2 Å². The second-order valence-corrected chi connectivity index (χ2v) is 6.88. The number of nitrogens with two attached hydrogens (primary N) is 1. The molecule has 0 heterocycles. The van der Waals surface area contributed by atoms with Gasteiger partial charge in [0.1, 0.15) is 0 Å². The fraction of sp³-hybridized carbons (Fsp3) is 0.737. The zero-order valence-electron chi connectivity index (χ0n) is 15.3. The van der Waals surface area contributed by atoms with E-state index in [4.69, 9.17) is 5.73 Å². The van der Waals surface area contributed by atoms with Gasteiger partial charge in [0.25, 0.3) is 0 Å². The van der Waals surface area contributed by atoms with Gasteiger partial charge in [0.05, 0.1) is 13.1 Å². The van der Waals surface area contributed by atoms with Crippen molar-refractivity contribution in [2.45, 2.75) is 72.1 Å². The lowest BCUT2D eigenvalue weighted by Gasteiger charge is -2.11. The van der Waals surface area contributed by atoms with E-state index in [1.165, 1.54) is 50.5 Å². The topological polar surface area (TPSA) is 52.0 Å². The fourth-order valence-electron chi connectivity index (χ4n) is 2.81. The zero-order chi connectivity index (χ0) is 16.2. The number of hydrogen-bond acceptors (Lipinski definition) is 0. The van der Waals surface area contributed by atoms with Crippen LogP contribution in [0.1, 0.15) is 72.1 Å². The number of halogens is 1. The standard InChI is InChI=1S/C19H35N3.ClH/c1-16(2)8-7-9-17(3)12-14-21-19(20)22-15-13-18-10-5-4-6-11-18;/h8,10,17H,4-7,9,11-15H2,1-3H3,(H3,20,21,22);1H. The Labute approximate surface area is 149 Å². The normalized spacial score (nSPS) is 16.1. The van der Waals surface area contributed by atoms with Crippen LogP contribution in [0, 0.1) is 5.92 Å². The third-order valence-corrected chi connectivity index (χ3v) is 4.31. The van der Waals surface area contributed by atoms with E-state index in [0.29, 0.717) is 0 Å². The summed E-state index contributed by atoms with van der Waals surface area (Å²) >= 11 is 0. The predicted molar refractivity (Wildman–Crippen MR) is 96.6 cm³/mol. The number of guanidine groups is 1. The maximum Gasteiger partial charge on any atom is 0.341 e. The molecule has 4 heteroatoms. The lowest BCUT2D eigenvalue weighted by atomic mass is 9.97. The average molecular weight is 342 g/mol. The molecule has 1 unspecified atom stereocenters. The van der Waals surface area contributed by atoms with Crippen molar-refractivity contribution in [1.29, 1.82) is 0 Å². The van der Waals surface area contributed by atoms with E-state index < -0.39 is 0 Å². The maximum atomic E-state index is 5.98. The lowest BCUT2D eigenvalue weighted by molar-refractivity contribution is -0.462. The van der Waals surface area contributed by atoms with E-state index in [1.807, 2.05) is 0 Å². The summed E-state index contributed by atoms with van der Waals surface area (Å²) in [6.07, 6.45) is 14.7. The maximum absolute atomic E-state index is 5.98. The summed E-state index contributed by atoms with van der Waals surface area (Å²) in [7, 11) is 0. The summed E-state index contributed by atoms with van der Waals surface area (Å²) in [6.45, 7) is 8.55. The van der Waals surface area contributed by atoms with Crippen LogP contribution < -0.4 is 28.4 Å². The Morgan fingerprint density at radius 3 is 2.78 bits per heavy atom. The minimum absolute atomic E-state index is 0. The summed E-state index contributed by atoms with van der Waals surface area (Å²) in [6, 6.07) is 0. The highest BCUT2D eigenvalue weighted by Gasteiger charge is 2.05. The van der Waals surface area contributed by atoms with Crippen molar-refractivity contribution < 1.29 is 17.4 Å². The van der Waals surface area contributed by atoms with Crippen LogP contribution in [0.2, 0.25) is 0 Å². The molecular formula is C19H36ClN3. The third-order valence-electron chi connectivity index (χ3n) is 4.31. The van der Waals surface area contributed by atoms with Gasteiger partial charge in [-0.1, -0.05) is 30.2 Å². The van der Waals surface area contributed by atoms with Crippen LogP contribution in [0.3, 0.4) is 0 Å². The molecule has 1 aliphatic carbocycles. The van der Waals surface area contributed by atoms with Crippen molar-refractivity contribution in [3.63, 3.8) is 0 Å². The molecule has 3 nitrogen and oxygen atoms in total. The Morgan fingerprint density at radius 1 is 1.35 bits per heavy atom. The fourth-order valence-corrected chi connectivity index (χ4v) is 2.81. The Hall–Kier alpha value is -0.960. The molecule has 0 aromatic rings. The summed E-state index contributed by atoms with van der Waals surface area (Å²) in [5.74, 6) is 1.47. The van der Waals surface area contributed by atoms with Crippen LogP contribution in [0.25, 0.3) is 0 Å². The van der Waals surface area contributed by atoms with Crippen molar-refractivity contribution in [1.82, 2.24) is 5.32 Å². The molecule has 1 atom stereocenters. The molecule has 1 aliphatic rings. The van der Waals surface area contributed by atoms with Gasteiger partial charge in [0.15, 0.2) is 0 Å². The molecule has 4 N–H and O–H groups in total. The highest BCUT2D eigenvalue weighted by Crippen LogP contribution is 2.19. The highest BCUT2D eigenvalue weighted by molar-refractivity contribution is 5.71. The van der Waals surface area contributed by atoms with E-state index in [1.54, 1.807) is 5.57 Å². The van der Waals surface area contributed by atoms with Gasteiger partial charge in [-0.2, -0.15) is 0 Å². The van der Waals surface area contributed by atoms with E-state index >= 15 is 0 Å². The third kappa shape index (κ3) is 12.2. The van der Waals surface area contributed by atoms with Crippen LogP contribution in [0.4, 0.5) is 0 Å². The summed E-state index contributed by atoms with van der Waals surface area (Å²) in [5.41, 5.74) is 8.99. The van der Waals surface area contributed by atoms with Gasteiger partial charge in [0.2, 0.25) is 0 Å². The Kier molecular flexibility index (Phi) is 12.9. The molecule has 0 radical (unpaired) electrons. The SMILES string of the molecule is CC(C)=CCCC(C)CC[NH+]=C(N)NCCC1=CCCCC1.[Cl-]. The van der Waals surface area contributed by atoms with Crippen LogP contribution in [-0.2, 0) is 0 Å². The van der Waals surface area contributed by atoms with Gasteiger partial charge in [0, 0.05) is 0 Å². The first-order valence-electron chi connectivity index (χ1n) is 8.99. The van der Waals surface area contributed by atoms with E-state index in [-0.39, 0.29) is 12.4 Å². The molecular weight excluding hydrogens is 306 g/mol. The number of allylic oxidation sites excluding steroid dienone is 3. The molecule has 0 amide bonds. The first kappa shape index (κ1) is 22.0. The zero-order valence-corrected chi connectivity index (χ0v) is 16.0. The monoisotopic (exact) mass is 341 g/mol. The Balaban J connectivity index is 0.00000484. The largest absolute Gasteiger partial charge is 1.00 e. The smallest absolute Gasteiger partial charge is 0.341 e. The molecule has 0 saturated heterocycles. The first-order valence-corrected chi connectivity index (χ1v) is 8.99. The number of rotatable bonds is 9. The van der Waals surface area contributed by atoms with Gasteiger partial charge in [-0.15, -0.1) is 0 Å². The first-order chi connectivity index (χ1) is 10.6. The predicted octanol–water partition coefficient (Wildman–Crippen LogP) is -0.362. The summed E-state index contributed by atoms with van der Waals surface area (Å²) in [5, 5.41) is 3.29. The minimum atomic E-state index is 0. The molecule has 0 aromatic carbocycles. The van der Waals surface area contributed by atoms with E-state index in [9.17, 15) is 0 Å².